The number of aromatic amines is 1. The molecule has 2 aliphatic heterocycles. The predicted octanol–water partition coefficient (Wildman–Crippen LogP) is 4.87. The number of rotatable bonds is 5. The van der Waals surface area contributed by atoms with E-state index in [0.29, 0.717) is 0 Å². The van der Waals surface area contributed by atoms with Gasteiger partial charge in [-0.15, -0.1) is 0 Å². The van der Waals surface area contributed by atoms with Crippen LogP contribution in [0.15, 0.2) is 66.7 Å². The van der Waals surface area contributed by atoms with Crippen LogP contribution in [0, 0.1) is 0 Å². The third kappa shape index (κ3) is 4.84. The van der Waals surface area contributed by atoms with E-state index in [-0.39, 0.29) is 18.1 Å². The van der Waals surface area contributed by atoms with Crippen LogP contribution in [0.1, 0.15) is 30.0 Å². The molecule has 0 radical (unpaired) electrons. The number of benzene rings is 3. The zero-order valence-corrected chi connectivity index (χ0v) is 21.4. The summed E-state index contributed by atoms with van der Waals surface area (Å²) >= 11 is 0. The number of fused-ring (bicyclic) bond motifs is 2. The van der Waals surface area contributed by atoms with Gasteiger partial charge in [-0.05, 0) is 86.9 Å². The lowest BCUT2D eigenvalue weighted by atomic mass is 9.92. The summed E-state index contributed by atoms with van der Waals surface area (Å²) in [5.74, 6) is 0.873. The van der Waals surface area contributed by atoms with Crippen molar-refractivity contribution in [1.82, 2.24) is 20.0 Å². The summed E-state index contributed by atoms with van der Waals surface area (Å²) in [5, 5.41) is 11.8. The first-order valence-corrected chi connectivity index (χ1v) is 13.1. The molecular formula is C30H33N5O2. The molecule has 190 valence electrons. The van der Waals surface area contributed by atoms with E-state index in [9.17, 15) is 4.79 Å². The highest BCUT2D eigenvalue weighted by Gasteiger charge is 2.30. The zero-order valence-electron chi connectivity index (χ0n) is 21.4. The van der Waals surface area contributed by atoms with Gasteiger partial charge < -0.3 is 15.0 Å². The molecule has 1 unspecified atom stereocenters. The lowest BCUT2D eigenvalue weighted by molar-refractivity contribution is -0.121. The molecule has 1 amide bonds. The average Bonchev–Trinajstić information content (AvgIpc) is 3.33. The van der Waals surface area contributed by atoms with Crippen LogP contribution in [0.5, 0.6) is 5.75 Å². The molecule has 6 rings (SSSR count). The maximum atomic E-state index is 13.4. The highest BCUT2D eigenvalue weighted by molar-refractivity contribution is 6.00. The lowest BCUT2D eigenvalue weighted by Gasteiger charge is -2.33. The third-order valence-electron chi connectivity index (χ3n) is 7.70. The predicted molar refractivity (Wildman–Crippen MR) is 147 cm³/mol. The Hall–Kier alpha value is -3.68. The van der Waals surface area contributed by atoms with E-state index in [4.69, 9.17) is 4.74 Å². The molecule has 1 fully saturated rings. The van der Waals surface area contributed by atoms with Crippen LogP contribution in [0.25, 0.3) is 22.2 Å². The number of hydrogen-bond donors (Lipinski definition) is 2. The number of anilines is 1. The van der Waals surface area contributed by atoms with Gasteiger partial charge in [-0.1, -0.05) is 24.3 Å². The first-order chi connectivity index (χ1) is 18.0. The van der Waals surface area contributed by atoms with Crippen molar-refractivity contribution in [3.8, 4) is 17.0 Å². The van der Waals surface area contributed by atoms with Crippen LogP contribution in [0.3, 0.4) is 0 Å². The number of likely N-dealkylation sites (N-methyl/N-ethyl adjacent to an activating group) is 1. The molecule has 2 aliphatic rings. The van der Waals surface area contributed by atoms with Gasteiger partial charge in [-0.25, -0.2) is 0 Å². The second kappa shape index (κ2) is 10.00. The normalized spacial score (nSPS) is 19.0. The van der Waals surface area contributed by atoms with E-state index in [0.717, 1.165) is 78.1 Å². The van der Waals surface area contributed by atoms with Gasteiger partial charge in [0.15, 0.2) is 0 Å². The number of likely N-dealkylation sites (tertiary alicyclic amines) is 1. The summed E-state index contributed by atoms with van der Waals surface area (Å²) in [5.41, 5.74) is 5.89. The number of nitrogens with zero attached hydrogens (tertiary/aromatic N) is 3. The van der Waals surface area contributed by atoms with Gasteiger partial charge in [0.25, 0.3) is 0 Å². The average molecular weight is 496 g/mol. The monoisotopic (exact) mass is 495 g/mol. The molecule has 0 saturated carbocycles. The summed E-state index contributed by atoms with van der Waals surface area (Å²) in [4.78, 5) is 17.9. The molecular weight excluding hydrogens is 462 g/mol. The number of H-pyrrole nitrogens is 1. The number of hydrogen-bond acceptors (Lipinski definition) is 5. The van der Waals surface area contributed by atoms with Crippen LogP contribution < -0.4 is 10.1 Å². The number of aromatic nitrogens is 2. The smallest absolute Gasteiger partial charge is 0.246 e. The van der Waals surface area contributed by atoms with E-state index in [1.54, 1.807) is 0 Å². The van der Waals surface area contributed by atoms with Gasteiger partial charge in [-0.2, -0.15) is 5.10 Å². The summed E-state index contributed by atoms with van der Waals surface area (Å²) in [7, 11) is 4.17. The van der Waals surface area contributed by atoms with E-state index in [1.807, 2.05) is 49.5 Å². The molecule has 37 heavy (non-hydrogen) atoms. The number of ether oxygens (including phenoxy) is 1. The van der Waals surface area contributed by atoms with Gasteiger partial charge in [0, 0.05) is 36.3 Å². The Kier molecular flexibility index (Phi) is 6.40. The van der Waals surface area contributed by atoms with Crippen molar-refractivity contribution in [2.24, 2.45) is 0 Å². The van der Waals surface area contributed by atoms with Gasteiger partial charge in [0.1, 0.15) is 17.9 Å². The van der Waals surface area contributed by atoms with Crippen LogP contribution >= 0.6 is 0 Å². The molecule has 1 atom stereocenters. The first-order valence-electron chi connectivity index (χ1n) is 13.1. The lowest BCUT2D eigenvalue weighted by Crippen LogP contribution is -2.39. The number of carbonyl (C=O) groups excluding carboxylic acids is 1. The van der Waals surface area contributed by atoms with Crippen molar-refractivity contribution in [1.29, 1.82) is 0 Å². The fourth-order valence-corrected chi connectivity index (χ4v) is 5.54. The SMILES string of the molecule is CN1CCC(Oc2ccc(-c3n[nH]c4ccc(NC(=O)C5c6ccccc6CCN5C)cc34)cc2)CC1. The quantitative estimate of drug-likeness (QED) is 0.413. The zero-order chi connectivity index (χ0) is 25.4. The van der Waals surface area contributed by atoms with Gasteiger partial charge in [0.2, 0.25) is 5.91 Å². The summed E-state index contributed by atoms with van der Waals surface area (Å²) in [6.45, 7) is 3.01. The summed E-state index contributed by atoms with van der Waals surface area (Å²) in [6.07, 6.45) is 3.34. The second-order valence-corrected chi connectivity index (χ2v) is 10.3. The third-order valence-corrected chi connectivity index (χ3v) is 7.70. The molecule has 7 nitrogen and oxygen atoms in total. The fourth-order valence-electron chi connectivity index (χ4n) is 5.54. The number of carbonyl (C=O) groups is 1. The molecule has 1 saturated heterocycles. The van der Waals surface area contributed by atoms with Crippen molar-refractivity contribution in [2.75, 3.05) is 39.0 Å². The number of amides is 1. The molecule has 3 heterocycles. The first kappa shape index (κ1) is 23.7. The second-order valence-electron chi connectivity index (χ2n) is 10.3. The summed E-state index contributed by atoms with van der Waals surface area (Å²) < 4.78 is 6.21. The maximum absolute atomic E-state index is 13.4. The van der Waals surface area contributed by atoms with E-state index >= 15 is 0 Å². The van der Waals surface area contributed by atoms with Crippen LogP contribution in [0.2, 0.25) is 0 Å². The highest BCUT2D eigenvalue weighted by Crippen LogP contribution is 2.32. The number of piperidine rings is 1. The molecule has 1 aromatic heterocycles. The maximum Gasteiger partial charge on any atom is 0.246 e. The van der Waals surface area contributed by atoms with Crippen molar-refractivity contribution in [3.63, 3.8) is 0 Å². The molecule has 4 aromatic rings. The van der Waals surface area contributed by atoms with Gasteiger partial charge in [0.05, 0.1) is 11.2 Å². The Balaban J connectivity index is 1.20. The topological polar surface area (TPSA) is 73.5 Å². The molecule has 7 heteroatoms. The molecule has 0 spiro atoms. The van der Waals surface area contributed by atoms with Crippen LogP contribution in [-0.4, -0.2) is 65.7 Å². The Morgan fingerprint density at radius 1 is 1.00 bits per heavy atom. The molecule has 0 aliphatic carbocycles. The van der Waals surface area contributed by atoms with Gasteiger partial charge in [-0.3, -0.25) is 14.8 Å². The Labute approximate surface area is 217 Å². The van der Waals surface area contributed by atoms with Crippen molar-refractivity contribution in [3.05, 3.63) is 77.9 Å². The van der Waals surface area contributed by atoms with E-state index in [2.05, 4.69) is 56.6 Å². The fraction of sp³-hybridized carbons (Fsp3) is 0.333. The number of nitrogens with one attached hydrogen (secondary N) is 2. The Morgan fingerprint density at radius 2 is 1.78 bits per heavy atom. The van der Waals surface area contributed by atoms with Crippen molar-refractivity contribution < 1.29 is 9.53 Å². The van der Waals surface area contributed by atoms with E-state index < -0.39 is 0 Å². The molecule has 0 bridgehead atoms. The van der Waals surface area contributed by atoms with Gasteiger partial charge >= 0.3 is 0 Å². The van der Waals surface area contributed by atoms with Crippen LogP contribution in [0.4, 0.5) is 5.69 Å². The Morgan fingerprint density at radius 3 is 2.59 bits per heavy atom. The molecule has 3 aromatic carbocycles. The minimum absolute atomic E-state index is 0.0190. The Bertz CT molecular complexity index is 1410. The van der Waals surface area contributed by atoms with Crippen molar-refractivity contribution in [2.45, 2.75) is 31.4 Å². The minimum Gasteiger partial charge on any atom is -0.490 e. The highest BCUT2D eigenvalue weighted by atomic mass is 16.5. The van der Waals surface area contributed by atoms with Crippen molar-refractivity contribution >= 4 is 22.5 Å². The molecule has 2 N–H and O–H groups in total. The largest absolute Gasteiger partial charge is 0.490 e. The minimum atomic E-state index is -0.304. The van der Waals surface area contributed by atoms with Crippen LogP contribution in [-0.2, 0) is 11.2 Å². The summed E-state index contributed by atoms with van der Waals surface area (Å²) in [6, 6.07) is 22.0. The van der Waals surface area contributed by atoms with E-state index in [1.165, 1.54) is 5.56 Å². The standard InChI is InChI=1S/C30H33N5O2/c1-34-16-14-24(15-17-34)37-23-10-7-21(8-11-23)28-26-19-22(9-12-27(26)32-33-28)31-30(36)29-25-6-4-3-5-20(25)13-18-35(29)2/h3-12,19,24,29H,13-18H2,1-2H3,(H,31,36)(H,32,33).